The summed E-state index contributed by atoms with van der Waals surface area (Å²) in [5.74, 6) is -0.0376. The van der Waals surface area contributed by atoms with Crippen molar-refractivity contribution in [3.63, 3.8) is 0 Å². The predicted octanol–water partition coefficient (Wildman–Crippen LogP) is 3.69. The third-order valence-electron chi connectivity index (χ3n) is 4.19. The zero-order chi connectivity index (χ0) is 16.8. The van der Waals surface area contributed by atoms with Crippen LogP contribution in [0.5, 0.6) is 0 Å². The van der Waals surface area contributed by atoms with Crippen LogP contribution >= 0.6 is 23.4 Å². The molecule has 2 aliphatic heterocycles. The number of halogens is 1. The van der Waals surface area contributed by atoms with Gasteiger partial charge < -0.3 is 4.90 Å². The lowest BCUT2D eigenvalue weighted by Crippen LogP contribution is -2.54. The Bertz CT molecular complexity index is 706. The lowest BCUT2D eigenvalue weighted by Gasteiger charge is -2.35. The molecule has 0 spiro atoms. The van der Waals surface area contributed by atoms with Crippen molar-refractivity contribution in [1.82, 2.24) is 4.90 Å². The van der Waals surface area contributed by atoms with E-state index in [2.05, 4.69) is 6.58 Å². The Morgan fingerprint density at radius 1 is 1.52 bits per heavy atom. The van der Waals surface area contributed by atoms with E-state index in [9.17, 15) is 9.59 Å². The van der Waals surface area contributed by atoms with Crippen LogP contribution in [0, 0.1) is 0 Å². The van der Waals surface area contributed by atoms with Crippen LogP contribution < -0.4 is 4.90 Å². The molecule has 0 aliphatic carbocycles. The van der Waals surface area contributed by atoms with Gasteiger partial charge in [0.15, 0.2) is 4.87 Å². The van der Waals surface area contributed by atoms with Crippen molar-refractivity contribution in [2.45, 2.75) is 36.5 Å². The van der Waals surface area contributed by atoms with E-state index < -0.39 is 4.87 Å². The Kier molecular flexibility index (Phi) is 4.19. The summed E-state index contributed by atoms with van der Waals surface area (Å²) in [6.07, 6.45) is 0.906. The third-order valence-corrected chi connectivity index (χ3v) is 5.89. The lowest BCUT2D eigenvalue weighted by molar-refractivity contribution is -0.133. The Morgan fingerprint density at radius 2 is 2.26 bits per heavy atom. The molecule has 1 unspecified atom stereocenters. The van der Waals surface area contributed by atoms with Crippen LogP contribution in [0.4, 0.5) is 5.69 Å². The second-order valence-electron chi connectivity index (χ2n) is 6.00. The normalized spacial score (nSPS) is 22.0. The first kappa shape index (κ1) is 16.4. The first-order chi connectivity index (χ1) is 10.9. The van der Waals surface area contributed by atoms with E-state index >= 15 is 0 Å². The van der Waals surface area contributed by atoms with E-state index in [4.69, 9.17) is 11.6 Å². The third kappa shape index (κ3) is 2.56. The highest BCUT2D eigenvalue weighted by Gasteiger charge is 2.58. The van der Waals surface area contributed by atoms with Crippen molar-refractivity contribution in [2.75, 3.05) is 18.0 Å². The summed E-state index contributed by atoms with van der Waals surface area (Å²) in [6, 6.07) is 5.46. The van der Waals surface area contributed by atoms with Gasteiger partial charge in [0, 0.05) is 29.4 Å². The number of nitrogens with zero attached hydrogens (tertiary/aromatic N) is 2. The molecule has 1 saturated heterocycles. The Labute approximate surface area is 145 Å². The van der Waals surface area contributed by atoms with Crippen molar-refractivity contribution in [3.05, 3.63) is 35.4 Å². The molecule has 23 heavy (non-hydrogen) atoms. The number of carbonyl (C=O) groups excluding carboxylic acids is 2. The Morgan fingerprint density at radius 3 is 2.91 bits per heavy atom. The molecule has 0 aromatic heterocycles. The number of anilines is 1. The summed E-state index contributed by atoms with van der Waals surface area (Å²) in [5, 5.41) is 0.571. The molecule has 3 rings (SSSR count). The van der Waals surface area contributed by atoms with Gasteiger partial charge in [0.25, 0.3) is 5.91 Å². The quantitative estimate of drug-likeness (QED) is 0.777. The number of hydrogen-bond acceptors (Lipinski definition) is 3. The summed E-state index contributed by atoms with van der Waals surface area (Å²) in [6.45, 7) is 8.85. The minimum absolute atomic E-state index is 0.0155. The zero-order valence-corrected chi connectivity index (χ0v) is 14.8. The first-order valence-electron chi connectivity index (χ1n) is 7.64. The highest BCUT2D eigenvalue weighted by molar-refractivity contribution is 8.02. The van der Waals surface area contributed by atoms with E-state index in [1.54, 1.807) is 21.9 Å². The van der Waals surface area contributed by atoms with Crippen molar-refractivity contribution >= 4 is 40.9 Å². The van der Waals surface area contributed by atoms with Crippen LogP contribution in [-0.2, 0) is 9.59 Å². The maximum atomic E-state index is 13.3. The number of amides is 2. The van der Waals surface area contributed by atoms with E-state index in [1.165, 1.54) is 11.8 Å². The number of carbonyl (C=O) groups is 2. The molecule has 2 amide bonds. The van der Waals surface area contributed by atoms with E-state index in [0.29, 0.717) is 31.0 Å². The number of likely N-dealkylation sites (N-methyl/N-ethyl adjacent to an activating group) is 1. The fourth-order valence-electron chi connectivity index (χ4n) is 3.21. The van der Waals surface area contributed by atoms with Crippen molar-refractivity contribution in [2.24, 2.45) is 0 Å². The van der Waals surface area contributed by atoms with Gasteiger partial charge in [-0.2, -0.15) is 0 Å². The predicted molar refractivity (Wildman–Crippen MR) is 93.8 cm³/mol. The number of fused-ring (bicyclic) bond motifs is 3. The maximum Gasteiger partial charge on any atom is 0.260 e. The monoisotopic (exact) mass is 350 g/mol. The Balaban J connectivity index is 2.02. The van der Waals surface area contributed by atoms with Crippen LogP contribution in [0.15, 0.2) is 35.2 Å². The molecule has 0 saturated carbocycles. The van der Waals surface area contributed by atoms with Crippen LogP contribution in [0.1, 0.15) is 26.7 Å². The largest absolute Gasteiger partial charge is 0.336 e. The minimum Gasteiger partial charge on any atom is -0.336 e. The minimum atomic E-state index is -0.866. The zero-order valence-electron chi connectivity index (χ0n) is 13.3. The highest BCUT2D eigenvalue weighted by atomic mass is 35.5. The van der Waals surface area contributed by atoms with Crippen LogP contribution in [-0.4, -0.2) is 34.7 Å². The molecule has 1 aromatic rings. The van der Waals surface area contributed by atoms with Gasteiger partial charge in [0.05, 0.1) is 5.69 Å². The average molecular weight is 351 g/mol. The van der Waals surface area contributed by atoms with Crippen molar-refractivity contribution < 1.29 is 9.59 Å². The SMILES string of the molecule is C=C(C)CN(CC)C(=O)C12CCC(=O)N1c1cc(Cl)ccc1S2. The summed E-state index contributed by atoms with van der Waals surface area (Å²) in [5.41, 5.74) is 1.68. The molecule has 0 radical (unpaired) electrons. The molecule has 1 fully saturated rings. The van der Waals surface area contributed by atoms with E-state index in [-0.39, 0.29) is 11.8 Å². The summed E-state index contributed by atoms with van der Waals surface area (Å²) in [7, 11) is 0. The topological polar surface area (TPSA) is 40.6 Å². The summed E-state index contributed by atoms with van der Waals surface area (Å²) < 4.78 is 0. The maximum absolute atomic E-state index is 13.3. The summed E-state index contributed by atoms with van der Waals surface area (Å²) in [4.78, 5) is 29.2. The second kappa shape index (κ2) is 5.87. The average Bonchev–Trinajstić information content (AvgIpc) is 3.00. The highest BCUT2D eigenvalue weighted by Crippen LogP contribution is 2.56. The van der Waals surface area contributed by atoms with Gasteiger partial charge in [-0.15, -0.1) is 0 Å². The molecular weight excluding hydrogens is 332 g/mol. The summed E-state index contributed by atoms with van der Waals surface area (Å²) >= 11 is 7.56. The smallest absolute Gasteiger partial charge is 0.260 e. The molecule has 0 N–H and O–H groups in total. The molecule has 2 aliphatic rings. The van der Waals surface area contributed by atoms with Gasteiger partial charge in [0.2, 0.25) is 5.91 Å². The van der Waals surface area contributed by atoms with Gasteiger partial charge in [0.1, 0.15) is 0 Å². The van der Waals surface area contributed by atoms with Gasteiger partial charge in [-0.05, 0) is 38.5 Å². The number of thioether (sulfide) groups is 1. The van der Waals surface area contributed by atoms with E-state index in [0.717, 1.165) is 16.2 Å². The van der Waals surface area contributed by atoms with Gasteiger partial charge in [-0.3, -0.25) is 14.5 Å². The number of benzene rings is 1. The molecule has 1 aromatic carbocycles. The number of rotatable bonds is 4. The van der Waals surface area contributed by atoms with Gasteiger partial charge in [-0.25, -0.2) is 0 Å². The Hall–Kier alpha value is -1.46. The number of hydrogen-bond donors (Lipinski definition) is 0. The van der Waals surface area contributed by atoms with Crippen molar-refractivity contribution in [3.8, 4) is 0 Å². The molecule has 122 valence electrons. The second-order valence-corrected chi connectivity index (χ2v) is 7.76. The molecule has 1 atom stereocenters. The van der Waals surface area contributed by atoms with Crippen LogP contribution in [0.2, 0.25) is 5.02 Å². The lowest BCUT2D eigenvalue weighted by atomic mass is 10.1. The first-order valence-corrected chi connectivity index (χ1v) is 8.84. The molecular formula is C17H19ClN2O2S. The van der Waals surface area contributed by atoms with E-state index in [1.807, 2.05) is 19.9 Å². The molecule has 4 nitrogen and oxygen atoms in total. The fraction of sp³-hybridized carbons (Fsp3) is 0.412. The van der Waals surface area contributed by atoms with Gasteiger partial charge in [-0.1, -0.05) is 35.5 Å². The molecule has 0 bridgehead atoms. The molecule has 6 heteroatoms. The molecule has 2 heterocycles. The van der Waals surface area contributed by atoms with Crippen molar-refractivity contribution in [1.29, 1.82) is 0 Å². The van der Waals surface area contributed by atoms with Gasteiger partial charge >= 0.3 is 0 Å². The van der Waals surface area contributed by atoms with Crippen LogP contribution in [0.3, 0.4) is 0 Å². The fourth-order valence-corrected chi connectivity index (χ4v) is 4.84. The van der Waals surface area contributed by atoms with Crippen LogP contribution in [0.25, 0.3) is 0 Å². The standard InChI is InChI=1S/C17H19ClN2O2S/c1-4-19(10-11(2)3)16(22)17-8-7-15(21)20(17)13-9-12(18)5-6-14(13)23-17/h5-6,9H,2,4,7-8,10H2,1,3H3.